The van der Waals surface area contributed by atoms with Crippen molar-refractivity contribution in [3.8, 4) is 11.8 Å². The van der Waals surface area contributed by atoms with E-state index < -0.39 is 0 Å². The summed E-state index contributed by atoms with van der Waals surface area (Å²) in [6.45, 7) is 0.454. The van der Waals surface area contributed by atoms with Gasteiger partial charge in [-0.15, -0.1) is 0 Å². The van der Waals surface area contributed by atoms with Gasteiger partial charge in [-0.1, -0.05) is 12.1 Å². The van der Waals surface area contributed by atoms with Crippen LogP contribution in [0.4, 0.5) is 0 Å². The summed E-state index contributed by atoms with van der Waals surface area (Å²) in [5.41, 5.74) is 3.00. The number of hydroxylamine groups is 1. The molecule has 0 aliphatic heterocycles. The number of nitrogens with one attached hydrogen (secondary N) is 1. The fraction of sp³-hybridized carbons (Fsp3) is 0.222. The van der Waals surface area contributed by atoms with Crippen LogP contribution in [-0.4, -0.2) is 11.8 Å². The van der Waals surface area contributed by atoms with E-state index in [1.807, 2.05) is 18.2 Å². The molecule has 0 bridgehead atoms. The Balaban J connectivity index is 2.54. The summed E-state index contributed by atoms with van der Waals surface area (Å²) >= 11 is 0. The third kappa shape index (κ3) is 3.11. The predicted octanol–water partition coefficient (Wildman–Crippen LogP) is 1.07. The molecule has 0 fully saturated rings. The second kappa shape index (κ2) is 5.14. The molecule has 0 aliphatic rings. The SMILES string of the molecule is N#CCOc1ccc(CNO)cc1. The molecule has 68 valence electrons. The second-order valence-electron chi connectivity index (χ2n) is 2.43. The molecule has 1 rings (SSSR count). The first-order valence-electron chi connectivity index (χ1n) is 3.82. The van der Waals surface area contributed by atoms with Crippen molar-refractivity contribution in [1.82, 2.24) is 5.48 Å². The van der Waals surface area contributed by atoms with Crippen molar-refractivity contribution in [3.05, 3.63) is 29.8 Å². The highest BCUT2D eigenvalue weighted by molar-refractivity contribution is 5.27. The van der Waals surface area contributed by atoms with E-state index in [4.69, 9.17) is 15.2 Å². The number of hydrogen-bond acceptors (Lipinski definition) is 4. The van der Waals surface area contributed by atoms with Crippen LogP contribution < -0.4 is 10.2 Å². The molecule has 0 aromatic heterocycles. The normalized spacial score (nSPS) is 9.23. The maximum Gasteiger partial charge on any atom is 0.174 e. The summed E-state index contributed by atoms with van der Waals surface area (Å²) in [6, 6.07) is 9.02. The number of ether oxygens (including phenoxy) is 1. The topological polar surface area (TPSA) is 65.3 Å². The van der Waals surface area contributed by atoms with Crippen LogP contribution in [0.15, 0.2) is 24.3 Å². The van der Waals surface area contributed by atoms with E-state index >= 15 is 0 Å². The average molecular weight is 178 g/mol. The summed E-state index contributed by atoms with van der Waals surface area (Å²) in [4.78, 5) is 0. The Morgan fingerprint density at radius 3 is 2.62 bits per heavy atom. The molecule has 1 aromatic carbocycles. The standard InChI is InChI=1S/C9H10N2O2/c10-5-6-13-9-3-1-8(2-4-9)7-11-12/h1-4,11-12H,6-7H2. The summed E-state index contributed by atoms with van der Waals surface area (Å²) in [7, 11) is 0. The van der Waals surface area contributed by atoms with Gasteiger partial charge in [0.2, 0.25) is 0 Å². The molecule has 13 heavy (non-hydrogen) atoms. The molecular formula is C9H10N2O2. The maximum absolute atomic E-state index is 8.41. The fourth-order valence-corrected chi connectivity index (χ4v) is 0.910. The first-order chi connectivity index (χ1) is 6.36. The smallest absolute Gasteiger partial charge is 0.174 e. The van der Waals surface area contributed by atoms with Crippen molar-refractivity contribution in [1.29, 1.82) is 5.26 Å². The van der Waals surface area contributed by atoms with E-state index in [1.165, 1.54) is 0 Å². The lowest BCUT2D eigenvalue weighted by Crippen LogP contribution is -2.05. The number of rotatable bonds is 4. The third-order valence-corrected chi connectivity index (χ3v) is 1.51. The molecule has 0 saturated carbocycles. The molecule has 1 aromatic rings. The first kappa shape index (κ1) is 9.52. The lowest BCUT2D eigenvalue weighted by molar-refractivity contribution is 0.161. The zero-order valence-corrected chi connectivity index (χ0v) is 7.03. The van der Waals surface area contributed by atoms with Gasteiger partial charge in [0.1, 0.15) is 11.8 Å². The van der Waals surface area contributed by atoms with E-state index in [-0.39, 0.29) is 6.61 Å². The second-order valence-corrected chi connectivity index (χ2v) is 2.43. The average Bonchev–Trinajstić information content (AvgIpc) is 2.17. The zero-order chi connectivity index (χ0) is 9.52. The van der Waals surface area contributed by atoms with Crippen LogP contribution in [0.1, 0.15) is 5.56 Å². The van der Waals surface area contributed by atoms with Crippen molar-refractivity contribution < 1.29 is 9.94 Å². The molecule has 0 unspecified atom stereocenters. The lowest BCUT2D eigenvalue weighted by Gasteiger charge is -2.02. The van der Waals surface area contributed by atoms with Gasteiger partial charge in [-0.3, -0.25) is 0 Å². The van der Waals surface area contributed by atoms with Crippen LogP contribution in [0.3, 0.4) is 0 Å². The number of benzene rings is 1. The van der Waals surface area contributed by atoms with E-state index in [2.05, 4.69) is 5.48 Å². The number of nitriles is 1. The van der Waals surface area contributed by atoms with Crippen molar-refractivity contribution in [3.63, 3.8) is 0 Å². The van der Waals surface area contributed by atoms with Gasteiger partial charge in [0.25, 0.3) is 0 Å². The van der Waals surface area contributed by atoms with E-state index in [9.17, 15) is 0 Å². The number of hydrogen-bond donors (Lipinski definition) is 2. The van der Waals surface area contributed by atoms with E-state index in [1.54, 1.807) is 12.1 Å². The largest absolute Gasteiger partial charge is 0.479 e. The Hall–Kier alpha value is -1.57. The van der Waals surface area contributed by atoms with Crippen molar-refractivity contribution in [2.75, 3.05) is 6.61 Å². The van der Waals surface area contributed by atoms with Gasteiger partial charge < -0.3 is 9.94 Å². The van der Waals surface area contributed by atoms with Crippen LogP contribution in [0.25, 0.3) is 0 Å². The Morgan fingerprint density at radius 1 is 1.38 bits per heavy atom. The summed E-state index contributed by atoms with van der Waals surface area (Å²) in [5.74, 6) is 0.656. The monoisotopic (exact) mass is 178 g/mol. The fourth-order valence-electron chi connectivity index (χ4n) is 0.910. The van der Waals surface area contributed by atoms with Gasteiger partial charge in [0.15, 0.2) is 6.61 Å². The van der Waals surface area contributed by atoms with Gasteiger partial charge in [0, 0.05) is 6.54 Å². The molecule has 0 radical (unpaired) electrons. The highest BCUT2D eigenvalue weighted by atomic mass is 16.5. The zero-order valence-electron chi connectivity index (χ0n) is 7.03. The third-order valence-electron chi connectivity index (χ3n) is 1.51. The predicted molar refractivity (Wildman–Crippen MR) is 46.2 cm³/mol. The van der Waals surface area contributed by atoms with Crippen molar-refractivity contribution in [2.24, 2.45) is 0 Å². The van der Waals surface area contributed by atoms with Gasteiger partial charge in [-0.2, -0.15) is 5.26 Å². The van der Waals surface area contributed by atoms with E-state index in [0.717, 1.165) is 5.56 Å². The highest BCUT2D eigenvalue weighted by Gasteiger charge is 1.93. The van der Waals surface area contributed by atoms with Gasteiger partial charge in [-0.05, 0) is 17.7 Å². The molecule has 4 nitrogen and oxygen atoms in total. The van der Waals surface area contributed by atoms with Crippen LogP contribution in [0.5, 0.6) is 5.75 Å². The minimum Gasteiger partial charge on any atom is -0.479 e. The molecule has 0 heterocycles. The first-order valence-corrected chi connectivity index (χ1v) is 3.82. The molecule has 2 N–H and O–H groups in total. The molecule has 0 spiro atoms. The van der Waals surface area contributed by atoms with Crippen LogP contribution in [0.2, 0.25) is 0 Å². The van der Waals surface area contributed by atoms with Crippen LogP contribution in [0, 0.1) is 11.3 Å². The Bertz CT molecular complexity index is 289. The molecule has 0 amide bonds. The van der Waals surface area contributed by atoms with Crippen molar-refractivity contribution in [2.45, 2.75) is 6.54 Å². The molecule has 0 aliphatic carbocycles. The summed E-state index contributed by atoms with van der Waals surface area (Å²) in [6.07, 6.45) is 0. The molecular weight excluding hydrogens is 168 g/mol. The molecule has 0 saturated heterocycles. The van der Waals surface area contributed by atoms with Crippen LogP contribution >= 0.6 is 0 Å². The quantitative estimate of drug-likeness (QED) is 0.677. The summed E-state index contributed by atoms with van der Waals surface area (Å²) < 4.78 is 5.04. The Kier molecular flexibility index (Phi) is 3.76. The molecule has 0 atom stereocenters. The minimum absolute atomic E-state index is 0.0532. The van der Waals surface area contributed by atoms with Gasteiger partial charge >= 0.3 is 0 Å². The Labute approximate surface area is 76.3 Å². The van der Waals surface area contributed by atoms with Gasteiger partial charge in [-0.25, -0.2) is 5.48 Å². The van der Waals surface area contributed by atoms with E-state index in [0.29, 0.717) is 12.3 Å². The maximum atomic E-state index is 8.41. The minimum atomic E-state index is 0.0532. The Morgan fingerprint density at radius 2 is 2.08 bits per heavy atom. The van der Waals surface area contributed by atoms with Gasteiger partial charge in [0.05, 0.1) is 0 Å². The van der Waals surface area contributed by atoms with Crippen LogP contribution in [-0.2, 0) is 6.54 Å². The lowest BCUT2D eigenvalue weighted by atomic mass is 10.2. The molecule has 4 heteroatoms. The highest BCUT2D eigenvalue weighted by Crippen LogP contribution is 2.11. The summed E-state index contributed by atoms with van der Waals surface area (Å²) in [5, 5.41) is 16.7. The number of nitrogens with zero attached hydrogens (tertiary/aromatic N) is 1. The van der Waals surface area contributed by atoms with Crippen molar-refractivity contribution >= 4 is 0 Å².